The third-order valence-electron chi connectivity index (χ3n) is 3.85. The van der Waals surface area contributed by atoms with Crippen LogP contribution in [0.2, 0.25) is 0 Å². The highest BCUT2D eigenvalue weighted by atomic mass is 32.1. The van der Waals surface area contributed by atoms with E-state index < -0.39 is 6.29 Å². The second-order valence-corrected chi connectivity index (χ2v) is 8.50. The molecule has 0 aromatic carbocycles. The zero-order chi connectivity index (χ0) is 19.1. The highest BCUT2D eigenvalue weighted by Crippen LogP contribution is 2.15. The van der Waals surface area contributed by atoms with Crippen molar-refractivity contribution in [1.82, 2.24) is 0 Å². The third kappa shape index (κ3) is 16.8. The molecule has 148 valence electrons. The normalized spacial score (nSPS) is 14.6. The molecule has 0 aliphatic carbocycles. The summed E-state index contributed by atoms with van der Waals surface area (Å²) in [7, 11) is 0. The molecule has 4 nitrogen and oxygen atoms in total. The average molecular weight is 393 g/mol. The van der Waals surface area contributed by atoms with Gasteiger partial charge in [0.2, 0.25) is 6.29 Å². The van der Waals surface area contributed by atoms with Crippen LogP contribution in [0.4, 0.5) is 0 Å². The summed E-state index contributed by atoms with van der Waals surface area (Å²) in [6.45, 7) is 6.05. The maximum atomic E-state index is 11.9. The van der Waals surface area contributed by atoms with Gasteiger partial charge in [-0.3, -0.25) is 9.59 Å². The quantitative estimate of drug-likeness (QED) is 0.171. The number of hydrogen-bond acceptors (Lipinski definition) is 6. The molecular weight excluding hydrogens is 356 g/mol. The van der Waals surface area contributed by atoms with E-state index in [0.717, 1.165) is 19.3 Å². The summed E-state index contributed by atoms with van der Waals surface area (Å²) in [4.78, 5) is 23.8. The molecule has 0 radical (unpaired) electrons. The van der Waals surface area contributed by atoms with Crippen molar-refractivity contribution in [3.63, 3.8) is 0 Å². The van der Waals surface area contributed by atoms with Gasteiger partial charge < -0.3 is 9.47 Å². The van der Waals surface area contributed by atoms with Gasteiger partial charge in [0, 0.05) is 19.3 Å². The molecule has 0 N–H and O–H groups in total. The van der Waals surface area contributed by atoms with Gasteiger partial charge in [-0.2, -0.15) is 25.3 Å². The lowest BCUT2D eigenvalue weighted by Crippen LogP contribution is -2.25. The molecule has 0 aromatic heterocycles. The Labute approximate surface area is 164 Å². The van der Waals surface area contributed by atoms with E-state index in [1.807, 2.05) is 13.8 Å². The fourth-order valence-electron chi connectivity index (χ4n) is 2.30. The average Bonchev–Trinajstić information content (AvgIpc) is 2.54. The minimum atomic E-state index is -0.767. The zero-order valence-corrected chi connectivity index (χ0v) is 17.8. The van der Waals surface area contributed by atoms with Gasteiger partial charge in [0.15, 0.2) is 0 Å². The first kappa shape index (κ1) is 24.6. The molecule has 6 heteroatoms. The molecule has 0 aromatic rings. The summed E-state index contributed by atoms with van der Waals surface area (Å²) in [5, 5.41) is 0.285. The first-order chi connectivity index (χ1) is 11.8. The van der Waals surface area contributed by atoms with Gasteiger partial charge >= 0.3 is 11.9 Å². The van der Waals surface area contributed by atoms with Gasteiger partial charge in [0.05, 0.1) is 0 Å². The first-order valence-corrected chi connectivity index (χ1v) is 10.6. The van der Waals surface area contributed by atoms with Crippen molar-refractivity contribution in [2.24, 2.45) is 0 Å². The fourth-order valence-corrected chi connectivity index (χ4v) is 2.56. The summed E-state index contributed by atoms with van der Waals surface area (Å²) in [6.07, 6.45) is 8.49. The van der Waals surface area contributed by atoms with E-state index in [1.165, 1.54) is 19.3 Å². The van der Waals surface area contributed by atoms with Crippen LogP contribution in [0.15, 0.2) is 0 Å². The van der Waals surface area contributed by atoms with Crippen LogP contribution in [0.3, 0.4) is 0 Å². The van der Waals surface area contributed by atoms with Crippen LogP contribution in [-0.4, -0.2) is 28.7 Å². The topological polar surface area (TPSA) is 52.6 Å². The second-order valence-electron chi connectivity index (χ2n) is 6.74. The SMILES string of the molecule is CCCCCCCCC(OC(=O)CCC(C)S)OC(=O)CCC(C)S. The van der Waals surface area contributed by atoms with Gasteiger partial charge in [-0.25, -0.2) is 0 Å². The lowest BCUT2D eigenvalue weighted by atomic mass is 10.1. The number of thiol groups is 2. The Kier molecular flexibility index (Phi) is 15.6. The molecular formula is C19H36O4S2. The van der Waals surface area contributed by atoms with Crippen LogP contribution in [0.5, 0.6) is 0 Å². The highest BCUT2D eigenvalue weighted by Gasteiger charge is 2.19. The predicted molar refractivity (Wildman–Crippen MR) is 109 cm³/mol. The number of carbonyl (C=O) groups excluding carboxylic acids is 2. The number of unbranched alkanes of at least 4 members (excludes halogenated alkanes) is 5. The van der Waals surface area contributed by atoms with Crippen molar-refractivity contribution in [3.8, 4) is 0 Å². The molecule has 2 atom stereocenters. The predicted octanol–water partition coefficient (Wildman–Crippen LogP) is 5.35. The van der Waals surface area contributed by atoms with Crippen molar-refractivity contribution >= 4 is 37.2 Å². The van der Waals surface area contributed by atoms with E-state index in [4.69, 9.17) is 9.47 Å². The maximum Gasteiger partial charge on any atom is 0.308 e. The molecule has 2 unspecified atom stereocenters. The van der Waals surface area contributed by atoms with Crippen molar-refractivity contribution in [1.29, 1.82) is 0 Å². The first-order valence-electron chi connectivity index (χ1n) is 9.60. The van der Waals surface area contributed by atoms with E-state index in [2.05, 4.69) is 32.2 Å². The minimum absolute atomic E-state index is 0.143. The molecule has 0 fully saturated rings. The monoisotopic (exact) mass is 392 g/mol. The number of hydrogen-bond donors (Lipinski definition) is 2. The Bertz CT molecular complexity index is 333. The van der Waals surface area contributed by atoms with Crippen LogP contribution < -0.4 is 0 Å². The van der Waals surface area contributed by atoms with E-state index in [9.17, 15) is 9.59 Å². The van der Waals surface area contributed by atoms with Crippen molar-refractivity contribution in [2.45, 2.75) is 108 Å². The minimum Gasteiger partial charge on any atom is -0.425 e. The molecule has 0 heterocycles. The van der Waals surface area contributed by atoms with Crippen molar-refractivity contribution in [2.75, 3.05) is 0 Å². The summed E-state index contributed by atoms with van der Waals surface area (Å²) in [5.74, 6) is -0.653. The Balaban J connectivity index is 4.29. The molecule has 0 aliphatic heterocycles. The Morgan fingerprint density at radius 1 is 0.760 bits per heavy atom. The van der Waals surface area contributed by atoms with Crippen LogP contribution in [0, 0.1) is 0 Å². The molecule has 0 saturated carbocycles. The summed E-state index contributed by atoms with van der Waals surface area (Å²) in [5.41, 5.74) is 0. The largest absolute Gasteiger partial charge is 0.425 e. The van der Waals surface area contributed by atoms with Crippen LogP contribution in [-0.2, 0) is 19.1 Å². The molecule has 0 bridgehead atoms. The summed E-state index contributed by atoms with van der Waals surface area (Å²) < 4.78 is 10.7. The molecule has 0 saturated heterocycles. The number of ether oxygens (including phenoxy) is 2. The van der Waals surface area contributed by atoms with E-state index >= 15 is 0 Å². The van der Waals surface area contributed by atoms with Crippen LogP contribution in [0.1, 0.15) is 91.4 Å². The summed E-state index contributed by atoms with van der Waals surface area (Å²) in [6, 6.07) is 0. The molecule has 0 amide bonds. The molecule has 0 spiro atoms. The van der Waals surface area contributed by atoms with Crippen LogP contribution in [0.25, 0.3) is 0 Å². The number of esters is 2. The zero-order valence-electron chi connectivity index (χ0n) is 16.0. The van der Waals surface area contributed by atoms with Gasteiger partial charge in [0.1, 0.15) is 0 Å². The van der Waals surface area contributed by atoms with E-state index in [-0.39, 0.29) is 22.4 Å². The third-order valence-corrected chi connectivity index (χ3v) is 4.37. The Hall–Kier alpha value is -0.360. The van der Waals surface area contributed by atoms with Crippen molar-refractivity contribution in [3.05, 3.63) is 0 Å². The molecule has 25 heavy (non-hydrogen) atoms. The Morgan fingerprint density at radius 3 is 1.64 bits per heavy atom. The fraction of sp³-hybridized carbons (Fsp3) is 0.895. The Morgan fingerprint density at radius 2 is 1.20 bits per heavy atom. The standard InChI is InChI=1S/C19H36O4S2/c1-4-5-6-7-8-9-10-19(22-17(20)13-11-15(2)24)23-18(21)14-12-16(3)25/h15-16,19,24-25H,4-14H2,1-3H3. The highest BCUT2D eigenvalue weighted by molar-refractivity contribution is 7.81. The number of carbonyl (C=O) groups is 2. The van der Waals surface area contributed by atoms with E-state index in [1.54, 1.807) is 0 Å². The van der Waals surface area contributed by atoms with Crippen molar-refractivity contribution < 1.29 is 19.1 Å². The van der Waals surface area contributed by atoms with Gasteiger partial charge in [-0.05, 0) is 29.8 Å². The number of rotatable bonds is 15. The summed E-state index contributed by atoms with van der Waals surface area (Å²) >= 11 is 8.52. The smallest absolute Gasteiger partial charge is 0.308 e. The second kappa shape index (κ2) is 15.9. The lowest BCUT2D eigenvalue weighted by molar-refractivity contribution is -0.189. The molecule has 0 rings (SSSR count). The lowest BCUT2D eigenvalue weighted by Gasteiger charge is -2.19. The molecule has 0 aliphatic rings. The maximum absolute atomic E-state index is 11.9. The van der Waals surface area contributed by atoms with Gasteiger partial charge in [0.25, 0.3) is 0 Å². The van der Waals surface area contributed by atoms with Gasteiger partial charge in [-0.15, -0.1) is 0 Å². The van der Waals surface area contributed by atoms with Crippen LogP contribution >= 0.6 is 25.3 Å². The van der Waals surface area contributed by atoms with Gasteiger partial charge in [-0.1, -0.05) is 52.9 Å². The van der Waals surface area contributed by atoms with E-state index in [0.29, 0.717) is 32.1 Å².